The molecule has 0 atom stereocenters. The Labute approximate surface area is 297 Å². The first-order valence-electron chi connectivity index (χ1n) is 17.1. The maximum Gasteiger partial charge on any atom is 0.0434 e. The van der Waals surface area contributed by atoms with Gasteiger partial charge in [0, 0.05) is 45.7 Å². The maximum atomic E-state index is 2.42. The van der Waals surface area contributed by atoms with Crippen LogP contribution >= 0.6 is 22.7 Å². The summed E-state index contributed by atoms with van der Waals surface area (Å²) in [5.41, 5.74) is 7.56. The van der Waals surface area contributed by atoms with Crippen molar-refractivity contribution in [1.29, 1.82) is 0 Å². The van der Waals surface area contributed by atoms with Gasteiger partial charge in [-0.2, -0.15) is 0 Å². The fourth-order valence-corrected chi connectivity index (χ4v) is 10.5. The third-order valence-electron chi connectivity index (χ3n) is 10.5. The molecule has 2 aromatic heterocycles. The number of benzene rings is 9. The molecule has 2 heterocycles. The quantitative estimate of drug-likeness (QED) is 0.164. The molecule has 0 radical (unpaired) electrons. The van der Waals surface area contributed by atoms with Gasteiger partial charge in [-0.05, 0) is 90.6 Å². The van der Waals surface area contributed by atoms with Gasteiger partial charge in [-0.25, -0.2) is 0 Å². The Kier molecular flexibility index (Phi) is 6.09. The first-order chi connectivity index (χ1) is 24.8. The van der Waals surface area contributed by atoms with Gasteiger partial charge in [0.05, 0.1) is 0 Å². The van der Waals surface area contributed by atoms with E-state index in [4.69, 9.17) is 0 Å². The van der Waals surface area contributed by atoms with Gasteiger partial charge in [-0.15, -0.1) is 22.7 Å². The molecular weight excluding hydrogens is 641 g/mol. The Balaban J connectivity index is 1.04. The van der Waals surface area contributed by atoms with Crippen LogP contribution in [0.2, 0.25) is 0 Å². The smallest absolute Gasteiger partial charge is 0.0434 e. The molecule has 11 rings (SSSR count). The fourth-order valence-electron chi connectivity index (χ4n) is 8.14. The van der Waals surface area contributed by atoms with Crippen LogP contribution in [0.25, 0.3) is 106 Å². The molecule has 0 saturated carbocycles. The largest absolute Gasteiger partial charge is 0.135 e. The molecule has 0 unspecified atom stereocenters. The minimum absolute atomic E-state index is 1.23. The van der Waals surface area contributed by atoms with Gasteiger partial charge >= 0.3 is 0 Å². The van der Waals surface area contributed by atoms with Crippen LogP contribution in [0.3, 0.4) is 0 Å². The topological polar surface area (TPSA) is 0 Å². The van der Waals surface area contributed by atoms with Gasteiger partial charge in [-0.1, -0.05) is 140 Å². The Morgan fingerprint density at radius 3 is 1.50 bits per heavy atom. The second kappa shape index (κ2) is 10.9. The summed E-state index contributed by atoms with van der Waals surface area (Å²) in [7, 11) is 0. The molecule has 0 bridgehead atoms. The third-order valence-corrected chi connectivity index (χ3v) is 12.8. The van der Waals surface area contributed by atoms with E-state index in [-0.39, 0.29) is 0 Å². The Morgan fingerprint density at radius 2 is 0.800 bits per heavy atom. The predicted octanol–water partition coefficient (Wildman–Crippen LogP) is 14.9. The van der Waals surface area contributed by atoms with Crippen LogP contribution in [0.15, 0.2) is 170 Å². The molecule has 0 aliphatic carbocycles. The lowest BCUT2D eigenvalue weighted by molar-refractivity contribution is 1.63. The van der Waals surface area contributed by atoms with Crippen molar-refractivity contribution in [2.24, 2.45) is 0 Å². The van der Waals surface area contributed by atoms with Crippen LogP contribution in [0.1, 0.15) is 0 Å². The molecular formula is C48H28S2. The van der Waals surface area contributed by atoms with Crippen LogP contribution in [-0.4, -0.2) is 0 Å². The maximum absolute atomic E-state index is 2.42. The minimum Gasteiger partial charge on any atom is -0.135 e. The number of hydrogen-bond donors (Lipinski definition) is 0. The molecule has 0 N–H and O–H groups in total. The first-order valence-corrected chi connectivity index (χ1v) is 18.7. The van der Waals surface area contributed by atoms with Gasteiger partial charge in [0.2, 0.25) is 0 Å². The van der Waals surface area contributed by atoms with Crippen LogP contribution in [-0.2, 0) is 0 Å². The molecule has 2 heteroatoms. The van der Waals surface area contributed by atoms with E-state index in [0.717, 1.165) is 0 Å². The SMILES string of the molecule is c1ccc(-c2c3ccccc3c(-c3ccc(-c4ccc5sc6c7cc8sc9ccccc9c8cc7ccc6c5c4)cc3)c3ccccc23)cc1. The van der Waals surface area contributed by atoms with Crippen molar-refractivity contribution >= 4 is 95.3 Å². The van der Waals surface area contributed by atoms with Crippen LogP contribution in [0.4, 0.5) is 0 Å². The van der Waals surface area contributed by atoms with E-state index in [2.05, 4.69) is 170 Å². The molecule has 0 saturated heterocycles. The summed E-state index contributed by atoms with van der Waals surface area (Å²) in [6.45, 7) is 0. The number of fused-ring (bicyclic) bond motifs is 10. The average Bonchev–Trinajstić information content (AvgIpc) is 3.74. The molecule has 0 aliphatic heterocycles. The van der Waals surface area contributed by atoms with Crippen molar-refractivity contribution in [3.63, 3.8) is 0 Å². The van der Waals surface area contributed by atoms with E-state index in [1.807, 2.05) is 22.7 Å². The molecule has 11 aromatic rings. The monoisotopic (exact) mass is 668 g/mol. The molecule has 9 aromatic carbocycles. The number of hydrogen-bond acceptors (Lipinski definition) is 2. The van der Waals surface area contributed by atoms with Crippen LogP contribution in [0.5, 0.6) is 0 Å². The molecule has 0 fully saturated rings. The highest BCUT2D eigenvalue weighted by molar-refractivity contribution is 7.27. The van der Waals surface area contributed by atoms with Crippen LogP contribution in [0, 0.1) is 0 Å². The lowest BCUT2D eigenvalue weighted by Crippen LogP contribution is -1.90. The van der Waals surface area contributed by atoms with Crippen molar-refractivity contribution in [2.75, 3.05) is 0 Å². The van der Waals surface area contributed by atoms with Gasteiger partial charge < -0.3 is 0 Å². The summed E-state index contributed by atoms with van der Waals surface area (Å²) in [5, 5.41) is 13.2. The average molecular weight is 669 g/mol. The highest BCUT2D eigenvalue weighted by atomic mass is 32.1. The fraction of sp³-hybridized carbons (Fsp3) is 0. The lowest BCUT2D eigenvalue weighted by atomic mass is 9.86. The van der Waals surface area contributed by atoms with Crippen molar-refractivity contribution in [1.82, 2.24) is 0 Å². The molecule has 50 heavy (non-hydrogen) atoms. The normalized spacial score (nSPS) is 12.0. The lowest BCUT2D eigenvalue weighted by Gasteiger charge is -2.18. The van der Waals surface area contributed by atoms with E-state index in [1.165, 1.54) is 106 Å². The summed E-state index contributed by atoms with van der Waals surface area (Å²) in [6.07, 6.45) is 0. The van der Waals surface area contributed by atoms with Crippen molar-refractivity contribution in [2.45, 2.75) is 0 Å². The zero-order valence-electron chi connectivity index (χ0n) is 27.0. The zero-order valence-corrected chi connectivity index (χ0v) is 28.6. The second-order valence-electron chi connectivity index (χ2n) is 13.2. The van der Waals surface area contributed by atoms with E-state index >= 15 is 0 Å². The standard InChI is InChI=1S/C48H28S2/c1-2-10-30(11-3-1)46-35-13-4-6-15-37(35)47(38-16-7-5-14-36(38)46)31-20-18-29(19-21-31)32-23-25-44-42(26-32)39-24-22-33-27-41-34-12-8-9-17-43(34)49-45(41)28-40(33)48(39)50-44/h1-28H. The van der Waals surface area contributed by atoms with Gasteiger partial charge in [0.25, 0.3) is 0 Å². The Bertz CT molecular complexity index is 3070. The van der Waals surface area contributed by atoms with Gasteiger partial charge in [0.15, 0.2) is 0 Å². The molecule has 232 valence electrons. The Morgan fingerprint density at radius 1 is 0.260 bits per heavy atom. The molecule has 0 aliphatic rings. The van der Waals surface area contributed by atoms with E-state index < -0.39 is 0 Å². The highest BCUT2D eigenvalue weighted by Crippen LogP contribution is 2.45. The van der Waals surface area contributed by atoms with Gasteiger partial charge in [0.1, 0.15) is 0 Å². The third kappa shape index (κ3) is 4.16. The molecule has 0 amide bonds. The second-order valence-corrected chi connectivity index (χ2v) is 15.3. The number of thiophene rings is 2. The zero-order chi connectivity index (χ0) is 32.8. The minimum atomic E-state index is 1.23. The van der Waals surface area contributed by atoms with Crippen molar-refractivity contribution in [3.05, 3.63) is 170 Å². The predicted molar refractivity (Wildman–Crippen MR) is 221 cm³/mol. The van der Waals surface area contributed by atoms with Crippen LogP contribution < -0.4 is 0 Å². The van der Waals surface area contributed by atoms with Crippen molar-refractivity contribution < 1.29 is 0 Å². The Hall–Kier alpha value is -5.80. The number of rotatable bonds is 3. The molecule has 0 spiro atoms. The highest BCUT2D eigenvalue weighted by Gasteiger charge is 2.17. The van der Waals surface area contributed by atoms with E-state index in [9.17, 15) is 0 Å². The summed E-state index contributed by atoms with van der Waals surface area (Å²) < 4.78 is 5.43. The van der Waals surface area contributed by atoms with E-state index in [0.29, 0.717) is 0 Å². The first kappa shape index (κ1) is 28.1. The summed E-state index contributed by atoms with van der Waals surface area (Å²) in [5.74, 6) is 0. The molecule has 0 nitrogen and oxygen atoms in total. The van der Waals surface area contributed by atoms with Gasteiger partial charge in [-0.3, -0.25) is 0 Å². The van der Waals surface area contributed by atoms with Crippen molar-refractivity contribution in [3.8, 4) is 33.4 Å². The van der Waals surface area contributed by atoms with E-state index in [1.54, 1.807) is 0 Å². The summed E-state index contributed by atoms with van der Waals surface area (Å²) in [6, 6.07) is 63.0. The summed E-state index contributed by atoms with van der Waals surface area (Å²) in [4.78, 5) is 0. The summed E-state index contributed by atoms with van der Waals surface area (Å²) >= 11 is 3.81.